The predicted molar refractivity (Wildman–Crippen MR) is 120 cm³/mol. The molecule has 1 aliphatic rings. The van der Waals surface area contributed by atoms with Gasteiger partial charge in [-0.2, -0.15) is 0 Å². The second-order valence-electron chi connectivity index (χ2n) is 6.80. The summed E-state index contributed by atoms with van der Waals surface area (Å²) < 4.78 is 0. The van der Waals surface area contributed by atoms with Crippen molar-refractivity contribution in [3.63, 3.8) is 0 Å². The van der Waals surface area contributed by atoms with Crippen LogP contribution in [0.2, 0.25) is 5.02 Å². The molecule has 4 nitrogen and oxygen atoms in total. The molecule has 1 atom stereocenters. The number of halogens is 1. The van der Waals surface area contributed by atoms with Crippen molar-refractivity contribution in [2.45, 2.75) is 12.3 Å². The zero-order valence-corrected chi connectivity index (χ0v) is 17.3. The third kappa shape index (κ3) is 4.16. The van der Waals surface area contributed by atoms with Gasteiger partial charge < -0.3 is 5.32 Å². The Bertz CT molecular complexity index is 1050. The Morgan fingerprint density at radius 3 is 2.41 bits per heavy atom. The molecular weight excluding hydrogens is 404 g/mol. The highest BCUT2D eigenvalue weighted by molar-refractivity contribution is 8.00. The molecule has 1 aliphatic heterocycles. The summed E-state index contributed by atoms with van der Waals surface area (Å²) in [6.45, 7) is 2.01. The van der Waals surface area contributed by atoms with Gasteiger partial charge in [-0.3, -0.25) is 14.5 Å². The molecule has 1 fully saturated rings. The third-order valence-corrected chi connectivity index (χ3v) is 6.27. The number of rotatable bonds is 4. The molecule has 146 valence electrons. The van der Waals surface area contributed by atoms with Crippen LogP contribution in [0.1, 0.15) is 26.9 Å². The minimum atomic E-state index is -0.193. The topological polar surface area (TPSA) is 49.4 Å². The van der Waals surface area contributed by atoms with Crippen LogP contribution in [0.25, 0.3) is 0 Å². The summed E-state index contributed by atoms with van der Waals surface area (Å²) in [5.74, 6) is 0.365. The van der Waals surface area contributed by atoms with E-state index in [4.69, 9.17) is 11.6 Å². The van der Waals surface area contributed by atoms with Gasteiger partial charge in [-0.1, -0.05) is 41.9 Å². The summed E-state index contributed by atoms with van der Waals surface area (Å²) in [4.78, 5) is 26.8. The monoisotopic (exact) mass is 422 g/mol. The number of thioether (sulfide) groups is 1. The summed E-state index contributed by atoms with van der Waals surface area (Å²) >= 11 is 7.48. The van der Waals surface area contributed by atoms with Gasteiger partial charge in [0.1, 0.15) is 5.37 Å². The van der Waals surface area contributed by atoms with Crippen LogP contribution in [0.15, 0.2) is 72.8 Å². The lowest BCUT2D eigenvalue weighted by Crippen LogP contribution is -2.28. The molecular formula is C23H19ClN2O2S. The van der Waals surface area contributed by atoms with E-state index in [-0.39, 0.29) is 17.2 Å². The normalized spacial score (nSPS) is 16.1. The van der Waals surface area contributed by atoms with Crippen molar-refractivity contribution in [2.75, 3.05) is 16.0 Å². The molecule has 2 amide bonds. The Morgan fingerprint density at radius 1 is 1.03 bits per heavy atom. The number of nitrogens with zero attached hydrogens (tertiary/aromatic N) is 1. The number of anilines is 2. The number of para-hydroxylation sites is 1. The van der Waals surface area contributed by atoms with Crippen molar-refractivity contribution in [1.29, 1.82) is 0 Å². The zero-order chi connectivity index (χ0) is 20.4. The first-order valence-corrected chi connectivity index (χ1v) is 10.6. The van der Waals surface area contributed by atoms with Gasteiger partial charge in [0.25, 0.3) is 5.91 Å². The fourth-order valence-electron chi connectivity index (χ4n) is 3.30. The molecule has 1 N–H and O–H groups in total. The first kappa shape index (κ1) is 19.6. The molecule has 0 saturated carbocycles. The molecule has 0 radical (unpaired) electrons. The maximum absolute atomic E-state index is 12.5. The summed E-state index contributed by atoms with van der Waals surface area (Å²) in [5.41, 5.74) is 4.27. The van der Waals surface area contributed by atoms with E-state index in [1.54, 1.807) is 36.0 Å². The maximum atomic E-state index is 12.5. The summed E-state index contributed by atoms with van der Waals surface area (Å²) in [5, 5.41) is 3.40. The smallest absolute Gasteiger partial charge is 0.255 e. The van der Waals surface area contributed by atoms with Gasteiger partial charge in [0, 0.05) is 22.0 Å². The molecule has 0 aliphatic carbocycles. The number of benzene rings is 3. The second-order valence-corrected chi connectivity index (χ2v) is 8.30. The second kappa shape index (κ2) is 8.31. The number of nitrogens with one attached hydrogen (secondary N) is 1. The molecule has 6 heteroatoms. The Labute approximate surface area is 178 Å². The van der Waals surface area contributed by atoms with Gasteiger partial charge in [0.05, 0.1) is 5.75 Å². The lowest BCUT2D eigenvalue weighted by atomic mass is 10.1. The lowest BCUT2D eigenvalue weighted by molar-refractivity contribution is -0.115. The quantitative estimate of drug-likeness (QED) is 0.588. The van der Waals surface area contributed by atoms with Crippen molar-refractivity contribution < 1.29 is 9.59 Å². The number of hydrogen-bond acceptors (Lipinski definition) is 3. The number of amides is 2. The van der Waals surface area contributed by atoms with E-state index in [2.05, 4.69) is 5.32 Å². The van der Waals surface area contributed by atoms with Crippen molar-refractivity contribution in [2.24, 2.45) is 0 Å². The van der Waals surface area contributed by atoms with Crippen molar-refractivity contribution in [3.8, 4) is 0 Å². The van der Waals surface area contributed by atoms with E-state index in [0.717, 1.165) is 16.8 Å². The van der Waals surface area contributed by atoms with Crippen LogP contribution in [0.3, 0.4) is 0 Å². The molecule has 3 aromatic rings. The summed E-state index contributed by atoms with van der Waals surface area (Å²) in [6, 6.07) is 22.3. The standard InChI is InChI=1S/C23H19ClN2O2S/c1-15-4-2-3-5-20(15)26-21(27)14-29-23(26)17-8-12-19(13-9-17)25-22(28)16-6-10-18(24)11-7-16/h2-13,23H,14H2,1H3,(H,25,28)/t23-/m0/s1. The molecule has 0 aromatic heterocycles. The minimum Gasteiger partial charge on any atom is -0.322 e. The van der Waals surface area contributed by atoms with Crippen LogP contribution >= 0.6 is 23.4 Å². The van der Waals surface area contributed by atoms with E-state index < -0.39 is 0 Å². The average molecular weight is 423 g/mol. The van der Waals surface area contributed by atoms with Gasteiger partial charge in [0.2, 0.25) is 5.91 Å². The Balaban J connectivity index is 1.52. The average Bonchev–Trinajstić information content (AvgIpc) is 3.10. The fourth-order valence-corrected chi connectivity index (χ4v) is 4.60. The van der Waals surface area contributed by atoms with E-state index in [1.165, 1.54) is 0 Å². The summed E-state index contributed by atoms with van der Waals surface area (Å²) in [6.07, 6.45) is 0. The zero-order valence-electron chi connectivity index (χ0n) is 15.8. The molecule has 0 spiro atoms. The van der Waals surface area contributed by atoms with Gasteiger partial charge in [-0.05, 0) is 60.5 Å². The van der Waals surface area contributed by atoms with Crippen LogP contribution in [0.5, 0.6) is 0 Å². The van der Waals surface area contributed by atoms with Crippen LogP contribution in [0.4, 0.5) is 11.4 Å². The highest BCUT2D eigenvalue weighted by Crippen LogP contribution is 2.42. The predicted octanol–water partition coefficient (Wildman–Crippen LogP) is 5.68. The Kier molecular flexibility index (Phi) is 5.60. The Hall–Kier alpha value is -2.76. The first-order valence-electron chi connectivity index (χ1n) is 9.19. The van der Waals surface area contributed by atoms with Gasteiger partial charge in [-0.25, -0.2) is 0 Å². The van der Waals surface area contributed by atoms with Crippen molar-refractivity contribution in [1.82, 2.24) is 0 Å². The van der Waals surface area contributed by atoms with E-state index in [0.29, 0.717) is 22.0 Å². The van der Waals surface area contributed by atoms with E-state index in [1.807, 2.05) is 60.4 Å². The molecule has 1 saturated heterocycles. The van der Waals surface area contributed by atoms with Gasteiger partial charge in [0.15, 0.2) is 0 Å². The number of hydrogen-bond donors (Lipinski definition) is 1. The number of carbonyl (C=O) groups is 2. The molecule has 4 rings (SSSR count). The molecule has 29 heavy (non-hydrogen) atoms. The van der Waals surface area contributed by atoms with Crippen LogP contribution in [-0.2, 0) is 4.79 Å². The van der Waals surface area contributed by atoms with Crippen molar-refractivity contribution >= 4 is 46.6 Å². The maximum Gasteiger partial charge on any atom is 0.255 e. The fraction of sp³-hybridized carbons (Fsp3) is 0.130. The van der Waals surface area contributed by atoms with Gasteiger partial charge in [-0.15, -0.1) is 11.8 Å². The molecule has 1 heterocycles. The minimum absolute atomic E-state index is 0.0791. The molecule has 3 aromatic carbocycles. The Morgan fingerprint density at radius 2 is 1.72 bits per heavy atom. The van der Waals surface area contributed by atoms with Crippen LogP contribution in [0, 0.1) is 6.92 Å². The van der Waals surface area contributed by atoms with Crippen LogP contribution < -0.4 is 10.2 Å². The highest BCUT2D eigenvalue weighted by Gasteiger charge is 2.34. The van der Waals surface area contributed by atoms with E-state index >= 15 is 0 Å². The van der Waals surface area contributed by atoms with E-state index in [9.17, 15) is 9.59 Å². The SMILES string of the molecule is Cc1ccccc1N1C(=O)CS[C@H]1c1ccc(NC(=O)c2ccc(Cl)cc2)cc1. The lowest BCUT2D eigenvalue weighted by Gasteiger charge is -2.26. The number of carbonyl (C=O) groups excluding carboxylic acids is 2. The molecule has 0 bridgehead atoms. The summed E-state index contributed by atoms with van der Waals surface area (Å²) in [7, 11) is 0. The third-order valence-electron chi connectivity index (χ3n) is 4.80. The van der Waals surface area contributed by atoms with Crippen molar-refractivity contribution in [3.05, 3.63) is 94.5 Å². The van der Waals surface area contributed by atoms with Crippen LogP contribution in [-0.4, -0.2) is 17.6 Å². The molecule has 0 unspecified atom stereocenters. The first-order chi connectivity index (χ1) is 14.0. The number of aryl methyl sites for hydroxylation is 1. The van der Waals surface area contributed by atoms with Gasteiger partial charge >= 0.3 is 0 Å². The largest absolute Gasteiger partial charge is 0.322 e. The highest BCUT2D eigenvalue weighted by atomic mass is 35.5.